The van der Waals surface area contributed by atoms with Gasteiger partial charge >= 0.3 is 0 Å². The molecule has 1 aliphatic carbocycles. The van der Waals surface area contributed by atoms with E-state index in [0.29, 0.717) is 17.5 Å². The van der Waals surface area contributed by atoms with Crippen LogP contribution in [0.3, 0.4) is 0 Å². The Morgan fingerprint density at radius 1 is 0.833 bits per heavy atom. The lowest BCUT2D eigenvalue weighted by Gasteiger charge is -2.29. The molecule has 0 spiro atoms. The van der Waals surface area contributed by atoms with Gasteiger partial charge < -0.3 is 0 Å². The van der Waals surface area contributed by atoms with Crippen LogP contribution in [-0.2, 0) is 6.42 Å². The minimum absolute atomic E-state index is 0.0233. The second kappa shape index (κ2) is 7.00. The molecule has 0 nitrogen and oxygen atoms in total. The first kappa shape index (κ1) is 17.1. The molecule has 0 atom stereocenters. The largest absolute Gasteiger partial charge is 0.207 e. The van der Waals surface area contributed by atoms with Crippen LogP contribution in [0.2, 0.25) is 0 Å². The molecule has 3 heteroatoms. The highest BCUT2D eigenvalue weighted by Crippen LogP contribution is 2.42. The van der Waals surface area contributed by atoms with E-state index >= 15 is 0 Å². The molecule has 1 aliphatic rings. The average Bonchev–Trinajstić information content (AvgIpc) is 2.58. The van der Waals surface area contributed by atoms with Crippen molar-refractivity contribution in [3.8, 4) is 0 Å². The van der Waals surface area contributed by atoms with Gasteiger partial charge in [0.25, 0.3) is 0 Å². The van der Waals surface area contributed by atoms with Crippen LogP contribution in [0.5, 0.6) is 0 Å². The highest BCUT2D eigenvalue weighted by Gasteiger charge is 2.28. The van der Waals surface area contributed by atoms with Crippen molar-refractivity contribution in [2.75, 3.05) is 0 Å². The van der Waals surface area contributed by atoms with Crippen LogP contribution >= 0.6 is 0 Å². The molecule has 1 saturated carbocycles. The van der Waals surface area contributed by atoms with Crippen LogP contribution in [0.4, 0.5) is 13.2 Å². The summed E-state index contributed by atoms with van der Waals surface area (Å²) in [4.78, 5) is 0. The molecular formula is C21H23F3. The number of hydrogen-bond donors (Lipinski definition) is 0. The van der Waals surface area contributed by atoms with Crippen molar-refractivity contribution in [1.29, 1.82) is 0 Å². The van der Waals surface area contributed by atoms with Crippen molar-refractivity contribution < 1.29 is 13.2 Å². The Labute approximate surface area is 141 Å². The van der Waals surface area contributed by atoms with Crippen LogP contribution in [-0.4, -0.2) is 0 Å². The number of hydrogen-bond acceptors (Lipinski definition) is 0. The molecule has 0 aromatic heterocycles. The zero-order valence-electron chi connectivity index (χ0n) is 14.2. The smallest absolute Gasteiger partial charge is 0.162 e. The Hall–Kier alpha value is -1.77. The first-order valence-electron chi connectivity index (χ1n) is 8.74. The van der Waals surface area contributed by atoms with Crippen LogP contribution in [0.1, 0.15) is 66.7 Å². The first-order chi connectivity index (χ1) is 11.5. The highest BCUT2D eigenvalue weighted by atomic mass is 19.2. The number of aryl methyl sites for hydroxylation is 2. The molecule has 24 heavy (non-hydrogen) atoms. The van der Waals surface area contributed by atoms with Crippen LogP contribution in [0, 0.1) is 24.4 Å². The molecule has 2 aromatic rings. The van der Waals surface area contributed by atoms with Crippen molar-refractivity contribution in [1.82, 2.24) is 0 Å². The van der Waals surface area contributed by atoms with Gasteiger partial charge in [0.05, 0.1) is 0 Å². The molecule has 2 aromatic carbocycles. The van der Waals surface area contributed by atoms with Crippen LogP contribution < -0.4 is 0 Å². The Bertz CT molecular complexity index is 728. The summed E-state index contributed by atoms with van der Waals surface area (Å²) in [6.45, 7) is 3.69. The fourth-order valence-electron chi connectivity index (χ4n) is 3.87. The Balaban J connectivity index is 1.75. The third-order valence-electron chi connectivity index (χ3n) is 5.34. The van der Waals surface area contributed by atoms with E-state index in [1.54, 1.807) is 18.2 Å². The van der Waals surface area contributed by atoms with Gasteiger partial charge in [-0.2, -0.15) is 0 Å². The summed E-state index contributed by atoms with van der Waals surface area (Å²) in [6.07, 6.45) is 3.63. The third-order valence-corrected chi connectivity index (χ3v) is 5.34. The summed E-state index contributed by atoms with van der Waals surface area (Å²) in [5, 5.41) is 0. The molecule has 0 radical (unpaired) electrons. The Morgan fingerprint density at radius 2 is 1.42 bits per heavy atom. The van der Waals surface area contributed by atoms with E-state index in [-0.39, 0.29) is 17.7 Å². The fraction of sp³-hybridized carbons (Fsp3) is 0.429. The maximum absolute atomic E-state index is 14.3. The first-order valence-corrected chi connectivity index (χ1v) is 8.74. The van der Waals surface area contributed by atoms with E-state index in [1.807, 2.05) is 26.0 Å². The van der Waals surface area contributed by atoms with Gasteiger partial charge in [0.2, 0.25) is 0 Å². The summed E-state index contributed by atoms with van der Waals surface area (Å²) in [5.41, 5.74) is 2.57. The van der Waals surface area contributed by atoms with Gasteiger partial charge in [0, 0.05) is 0 Å². The molecule has 0 aliphatic heterocycles. The fourth-order valence-corrected chi connectivity index (χ4v) is 3.87. The lowest BCUT2D eigenvalue weighted by Crippen LogP contribution is -2.15. The van der Waals surface area contributed by atoms with E-state index in [9.17, 15) is 13.2 Å². The van der Waals surface area contributed by atoms with E-state index in [1.165, 1.54) is 0 Å². The molecule has 0 saturated heterocycles. The molecule has 0 unspecified atom stereocenters. The van der Waals surface area contributed by atoms with E-state index < -0.39 is 11.6 Å². The third kappa shape index (κ3) is 3.22. The number of rotatable bonds is 3. The number of halogens is 3. The maximum atomic E-state index is 14.3. The van der Waals surface area contributed by atoms with Gasteiger partial charge in [-0.1, -0.05) is 31.2 Å². The zero-order chi connectivity index (χ0) is 17.3. The summed E-state index contributed by atoms with van der Waals surface area (Å²) in [6, 6.07) is 8.79. The normalized spacial score (nSPS) is 21.0. The lowest BCUT2D eigenvalue weighted by atomic mass is 9.75. The molecule has 1 fully saturated rings. The highest BCUT2D eigenvalue weighted by molar-refractivity contribution is 5.31. The molecule has 0 N–H and O–H groups in total. The second-order valence-electron chi connectivity index (χ2n) is 6.87. The SMILES string of the molecule is CCc1ccc(C2CCC(c3ccc(C)cc3F)CC2)c(F)c1F. The topological polar surface area (TPSA) is 0 Å². The number of benzene rings is 2. The second-order valence-corrected chi connectivity index (χ2v) is 6.87. The molecule has 0 amide bonds. The monoisotopic (exact) mass is 332 g/mol. The summed E-state index contributed by atoms with van der Waals surface area (Å²) in [5.74, 6) is -1.36. The standard InChI is InChI=1S/C21H23F3/c1-3-14-9-11-18(21(24)20(14)23)16-7-5-15(6-8-16)17-10-4-13(2)12-19(17)22/h4,9-12,15-16H,3,5-8H2,1-2H3. The minimum Gasteiger partial charge on any atom is -0.207 e. The van der Waals surface area contributed by atoms with Gasteiger partial charge in [-0.25, -0.2) is 13.2 Å². The lowest BCUT2D eigenvalue weighted by molar-refractivity contribution is 0.374. The van der Waals surface area contributed by atoms with E-state index in [0.717, 1.165) is 36.8 Å². The van der Waals surface area contributed by atoms with Crippen molar-refractivity contribution >= 4 is 0 Å². The molecule has 0 heterocycles. The van der Waals surface area contributed by atoms with Crippen molar-refractivity contribution in [3.05, 3.63) is 70.0 Å². The average molecular weight is 332 g/mol. The Morgan fingerprint density at radius 3 is 2.00 bits per heavy atom. The van der Waals surface area contributed by atoms with Crippen LogP contribution in [0.25, 0.3) is 0 Å². The molecule has 128 valence electrons. The zero-order valence-corrected chi connectivity index (χ0v) is 14.2. The van der Waals surface area contributed by atoms with E-state index in [2.05, 4.69) is 0 Å². The molecular weight excluding hydrogens is 309 g/mol. The van der Waals surface area contributed by atoms with Crippen molar-refractivity contribution in [2.24, 2.45) is 0 Å². The van der Waals surface area contributed by atoms with Crippen molar-refractivity contribution in [2.45, 2.75) is 57.8 Å². The molecule has 0 bridgehead atoms. The van der Waals surface area contributed by atoms with Gasteiger partial charge in [-0.3, -0.25) is 0 Å². The summed E-state index contributed by atoms with van der Waals surface area (Å²) >= 11 is 0. The van der Waals surface area contributed by atoms with E-state index in [4.69, 9.17) is 0 Å². The van der Waals surface area contributed by atoms with Gasteiger partial charge in [-0.15, -0.1) is 0 Å². The summed E-state index contributed by atoms with van der Waals surface area (Å²) < 4.78 is 42.5. The minimum atomic E-state index is -0.707. The predicted octanol–water partition coefficient (Wildman–Crippen LogP) is 6.42. The van der Waals surface area contributed by atoms with Gasteiger partial charge in [0.1, 0.15) is 5.82 Å². The maximum Gasteiger partial charge on any atom is 0.162 e. The Kier molecular flexibility index (Phi) is 4.98. The predicted molar refractivity (Wildman–Crippen MR) is 90.8 cm³/mol. The van der Waals surface area contributed by atoms with Crippen molar-refractivity contribution in [3.63, 3.8) is 0 Å². The summed E-state index contributed by atoms with van der Waals surface area (Å²) in [7, 11) is 0. The van der Waals surface area contributed by atoms with Crippen LogP contribution in [0.15, 0.2) is 30.3 Å². The van der Waals surface area contributed by atoms with Gasteiger partial charge in [0.15, 0.2) is 11.6 Å². The molecule has 3 rings (SSSR count). The quantitative estimate of drug-likeness (QED) is 0.608. The van der Waals surface area contributed by atoms with Gasteiger partial charge in [-0.05, 0) is 79.2 Å².